The van der Waals surface area contributed by atoms with E-state index in [2.05, 4.69) is 18.7 Å². The van der Waals surface area contributed by atoms with Crippen molar-refractivity contribution in [3.8, 4) is 0 Å². The Balaban J connectivity index is 1.79. The Labute approximate surface area is 98.7 Å². The first-order chi connectivity index (χ1) is 7.92. The van der Waals surface area contributed by atoms with Gasteiger partial charge in [0.05, 0.1) is 13.1 Å². The van der Waals surface area contributed by atoms with Gasteiger partial charge in [-0.05, 0) is 19.3 Å². The summed E-state index contributed by atoms with van der Waals surface area (Å²) in [6, 6.07) is 0. The van der Waals surface area contributed by atoms with Crippen molar-refractivity contribution in [2.24, 2.45) is 0 Å². The molecule has 0 bridgehead atoms. The van der Waals surface area contributed by atoms with Gasteiger partial charge in [0, 0.05) is 39.3 Å². The lowest BCUT2D eigenvalue weighted by Crippen LogP contribution is -2.57. The topological polar surface area (TPSA) is 13.0 Å². The summed E-state index contributed by atoms with van der Waals surface area (Å²) in [5, 5.41) is 0. The zero-order valence-corrected chi connectivity index (χ0v) is 10.9. The molecule has 0 aromatic rings. The molecule has 4 aliphatic rings. The molecule has 4 nitrogen and oxygen atoms in total. The fraction of sp³-hybridized carbons (Fsp3) is 1.00. The molecule has 0 aromatic heterocycles. The minimum absolute atomic E-state index is 1.14. The first-order valence-corrected chi connectivity index (χ1v) is 8.43. The van der Waals surface area contributed by atoms with Gasteiger partial charge in [-0.2, -0.15) is 0 Å². The van der Waals surface area contributed by atoms with E-state index in [1.165, 1.54) is 71.6 Å². The van der Waals surface area contributed by atoms with Crippen molar-refractivity contribution < 1.29 is 0 Å². The minimum atomic E-state index is -1.14. The van der Waals surface area contributed by atoms with Crippen LogP contribution in [-0.2, 0) is 0 Å². The van der Waals surface area contributed by atoms with Crippen molar-refractivity contribution in [3.63, 3.8) is 0 Å². The van der Waals surface area contributed by atoms with Gasteiger partial charge in [0.15, 0.2) is 0 Å². The van der Waals surface area contributed by atoms with Crippen LogP contribution >= 0.6 is 7.87 Å². The second kappa shape index (κ2) is 3.63. The lowest BCUT2D eigenvalue weighted by molar-refractivity contribution is 0.192. The van der Waals surface area contributed by atoms with E-state index in [1.54, 1.807) is 0 Å². The molecule has 1 spiro atoms. The molecule has 4 rings (SSSR count). The average Bonchev–Trinajstić information content (AvgIpc) is 2.71. The van der Waals surface area contributed by atoms with Gasteiger partial charge in [0.1, 0.15) is 0 Å². The van der Waals surface area contributed by atoms with E-state index in [0.717, 1.165) is 0 Å². The van der Waals surface area contributed by atoms with Crippen LogP contribution < -0.4 is 0 Å². The van der Waals surface area contributed by atoms with Gasteiger partial charge in [-0.15, -0.1) is 18.7 Å². The van der Waals surface area contributed by atoms with Gasteiger partial charge < -0.3 is 0 Å². The van der Waals surface area contributed by atoms with Crippen molar-refractivity contribution in [2.75, 3.05) is 52.4 Å². The Bertz CT molecular complexity index is 266. The standard InChI is InChI=1S/C11H22N4P/c1-4-12-6-2-8-14-10-11-15-9-3-7-13(5-1)16(12,14)15/h1-11H2/q+1. The molecule has 90 valence electrons. The maximum atomic E-state index is 2.87. The van der Waals surface area contributed by atoms with E-state index in [9.17, 15) is 0 Å². The summed E-state index contributed by atoms with van der Waals surface area (Å²) in [7, 11) is -1.14. The molecule has 16 heavy (non-hydrogen) atoms. The number of hydrogen-bond donors (Lipinski definition) is 0. The van der Waals surface area contributed by atoms with E-state index in [4.69, 9.17) is 0 Å². The van der Waals surface area contributed by atoms with E-state index >= 15 is 0 Å². The zero-order chi connectivity index (χ0) is 10.6. The second-order valence-corrected chi connectivity index (χ2v) is 8.75. The highest BCUT2D eigenvalue weighted by Crippen LogP contribution is 2.75. The summed E-state index contributed by atoms with van der Waals surface area (Å²) in [6.07, 6.45) is 4.18. The average molecular weight is 241 g/mol. The highest BCUT2D eigenvalue weighted by atomic mass is 31.2. The fourth-order valence-electron chi connectivity index (χ4n) is 4.13. The van der Waals surface area contributed by atoms with Crippen molar-refractivity contribution >= 4 is 7.87 Å². The summed E-state index contributed by atoms with van der Waals surface area (Å²) in [5.41, 5.74) is 0. The van der Waals surface area contributed by atoms with E-state index in [-0.39, 0.29) is 0 Å². The SMILES string of the molecule is C1CN2CCCN3CCN4CCCN(C1)[P+]234. The molecule has 0 saturated carbocycles. The first kappa shape index (κ1) is 10.2. The van der Waals surface area contributed by atoms with Gasteiger partial charge in [-0.1, -0.05) is 0 Å². The molecule has 4 saturated heterocycles. The number of hydrogen-bond acceptors (Lipinski definition) is 4. The monoisotopic (exact) mass is 241 g/mol. The van der Waals surface area contributed by atoms with Crippen LogP contribution in [0.4, 0.5) is 0 Å². The third-order valence-electron chi connectivity index (χ3n) is 4.63. The van der Waals surface area contributed by atoms with Gasteiger partial charge in [-0.25, -0.2) is 0 Å². The number of rotatable bonds is 0. The highest BCUT2D eigenvalue weighted by Gasteiger charge is 2.68. The Kier molecular flexibility index (Phi) is 2.32. The van der Waals surface area contributed by atoms with Crippen LogP contribution in [0.5, 0.6) is 0 Å². The zero-order valence-electron chi connectivity index (χ0n) is 10.0. The maximum Gasteiger partial charge on any atom is 0.308 e. The van der Waals surface area contributed by atoms with Crippen LogP contribution in [0.25, 0.3) is 0 Å². The Hall–Kier alpha value is 0.270. The fourth-order valence-corrected chi connectivity index (χ4v) is 9.45. The van der Waals surface area contributed by atoms with Gasteiger partial charge in [0.2, 0.25) is 0 Å². The molecule has 4 aliphatic heterocycles. The lowest BCUT2D eigenvalue weighted by atomic mass is 10.3. The predicted molar refractivity (Wildman–Crippen MR) is 67.1 cm³/mol. The quantitative estimate of drug-likeness (QED) is 0.589. The summed E-state index contributed by atoms with van der Waals surface area (Å²) in [6.45, 7) is 10.8. The van der Waals surface area contributed by atoms with Gasteiger partial charge in [-0.3, -0.25) is 0 Å². The van der Waals surface area contributed by atoms with Gasteiger partial charge >= 0.3 is 7.87 Å². The van der Waals surface area contributed by atoms with Crippen LogP contribution in [0, 0.1) is 0 Å². The molecule has 0 aliphatic carbocycles. The van der Waals surface area contributed by atoms with E-state index < -0.39 is 7.87 Å². The molecule has 5 heteroatoms. The molecule has 4 heterocycles. The van der Waals surface area contributed by atoms with Crippen molar-refractivity contribution in [1.29, 1.82) is 0 Å². The van der Waals surface area contributed by atoms with Crippen LogP contribution in [-0.4, -0.2) is 71.0 Å². The maximum absolute atomic E-state index is 2.87. The molecule has 0 amide bonds. The van der Waals surface area contributed by atoms with Crippen LogP contribution in [0.3, 0.4) is 0 Å². The lowest BCUT2D eigenvalue weighted by Gasteiger charge is -2.53. The Morgan fingerprint density at radius 1 is 0.438 bits per heavy atom. The smallest absolute Gasteiger partial charge is 0.133 e. The van der Waals surface area contributed by atoms with Crippen molar-refractivity contribution in [2.45, 2.75) is 19.3 Å². The van der Waals surface area contributed by atoms with Crippen LogP contribution in [0.1, 0.15) is 19.3 Å². The largest absolute Gasteiger partial charge is 0.308 e. The molecule has 0 unspecified atom stereocenters. The summed E-state index contributed by atoms with van der Waals surface area (Å²) < 4.78 is 11.4. The molecule has 0 aromatic carbocycles. The van der Waals surface area contributed by atoms with E-state index in [0.29, 0.717) is 0 Å². The Morgan fingerprint density at radius 3 is 1.12 bits per heavy atom. The van der Waals surface area contributed by atoms with Crippen LogP contribution in [0.2, 0.25) is 0 Å². The number of nitrogens with zero attached hydrogens (tertiary/aromatic N) is 4. The highest BCUT2D eigenvalue weighted by molar-refractivity contribution is 7.67. The molecule has 0 N–H and O–H groups in total. The molecular formula is C11H22N4P+. The minimum Gasteiger partial charge on any atom is -0.133 e. The van der Waals surface area contributed by atoms with E-state index in [1.807, 2.05) is 0 Å². The summed E-state index contributed by atoms with van der Waals surface area (Å²) >= 11 is 0. The van der Waals surface area contributed by atoms with Crippen LogP contribution in [0.15, 0.2) is 0 Å². The third kappa shape index (κ3) is 1.12. The summed E-state index contributed by atoms with van der Waals surface area (Å²) in [5.74, 6) is 0. The normalized spacial score (nSPS) is 36.0. The first-order valence-electron chi connectivity index (χ1n) is 6.83. The van der Waals surface area contributed by atoms with Crippen molar-refractivity contribution in [3.05, 3.63) is 0 Å². The Morgan fingerprint density at radius 2 is 0.750 bits per heavy atom. The molecule has 0 radical (unpaired) electrons. The molecule has 4 fully saturated rings. The summed E-state index contributed by atoms with van der Waals surface area (Å²) in [4.78, 5) is 0. The van der Waals surface area contributed by atoms with Gasteiger partial charge in [0.25, 0.3) is 0 Å². The molecular weight excluding hydrogens is 219 g/mol. The van der Waals surface area contributed by atoms with Crippen molar-refractivity contribution in [1.82, 2.24) is 18.7 Å². The third-order valence-corrected chi connectivity index (χ3v) is 9.27. The predicted octanol–water partition coefficient (Wildman–Crippen LogP) is 1.10. The second-order valence-electron chi connectivity index (χ2n) is 5.41. The molecule has 0 atom stereocenters.